The highest BCUT2D eigenvalue weighted by Crippen LogP contribution is 2.18. The summed E-state index contributed by atoms with van der Waals surface area (Å²) in [5.74, 6) is 0.875. The minimum atomic E-state index is 0.875. The van der Waals surface area contributed by atoms with Crippen molar-refractivity contribution >= 4 is 5.69 Å². The molecule has 0 amide bonds. The second-order valence-electron chi connectivity index (χ2n) is 4.76. The molecule has 2 heterocycles. The number of rotatable bonds is 4. The van der Waals surface area contributed by atoms with Gasteiger partial charge in [-0.3, -0.25) is 9.97 Å². The lowest BCUT2D eigenvalue weighted by molar-refractivity contribution is -0.739. The summed E-state index contributed by atoms with van der Waals surface area (Å²) < 4.78 is 3.30. The zero-order chi connectivity index (χ0) is 14.7. The molecule has 0 unspecified atom stereocenters. The molecule has 3 aromatic rings. The number of aromatic amines is 2. The first-order valence-corrected chi connectivity index (χ1v) is 6.57. The third-order valence-electron chi connectivity index (χ3n) is 3.09. The fraction of sp³-hybridized carbons (Fsp3) is 0.143. The highest BCUT2D eigenvalue weighted by molar-refractivity contribution is 5.58. The molecule has 0 atom stereocenters. The molecule has 21 heavy (non-hydrogen) atoms. The van der Waals surface area contributed by atoms with Crippen LogP contribution in [-0.4, -0.2) is 24.1 Å². The monoisotopic (exact) mass is 283 g/mol. The number of imidazole rings is 2. The summed E-state index contributed by atoms with van der Waals surface area (Å²) in [4.78, 5) is 8.15. The third kappa shape index (κ3) is 2.81. The zero-order valence-electron chi connectivity index (χ0n) is 11.9. The minimum absolute atomic E-state index is 0.875. The number of nitrogens with zero attached hydrogens (tertiary/aromatic N) is 5. The summed E-state index contributed by atoms with van der Waals surface area (Å²) in [5.41, 5.74) is 2.20. The lowest BCUT2D eigenvalue weighted by Crippen LogP contribution is -2.31. The summed E-state index contributed by atoms with van der Waals surface area (Å²) in [7, 11) is 4.04. The average molecular weight is 283 g/mol. The standard InChI is InChI=1S/C14H15N7/c1-19(2)13-5-3-12(4-6-13)14-16-8-10-21(14)18-17-20-9-7-15-11-20/h3-11H,1-2H3/p+2. The molecule has 7 heteroatoms. The van der Waals surface area contributed by atoms with Crippen LogP contribution in [-0.2, 0) is 0 Å². The first-order valence-electron chi connectivity index (χ1n) is 6.57. The van der Waals surface area contributed by atoms with Gasteiger partial charge in [-0.2, -0.15) is 0 Å². The molecule has 0 spiro atoms. The first kappa shape index (κ1) is 13.0. The highest BCUT2D eigenvalue weighted by atomic mass is 15.6. The van der Waals surface area contributed by atoms with E-state index in [0.717, 1.165) is 17.1 Å². The Balaban J connectivity index is 1.88. The van der Waals surface area contributed by atoms with Crippen LogP contribution in [0.1, 0.15) is 0 Å². The molecule has 2 N–H and O–H groups in total. The Morgan fingerprint density at radius 2 is 1.81 bits per heavy atom. The van der Waals surface area contributed by atoms with Gasteiger partial charge in [-0.1, -0.05) is 0 Å². The number of benzene rings is 1. The second kappa shape index (κ2) is 5.58. The van der Waals surface area contributed by atoms with Crippen molar-refractivity contribution in [2.45, 2.75) is 0 Å². The molecule has 0 fully saturated rings. The summed E-state index contributed by atoms with van der Waals surface area (Å²) in [6.07, 6.45) is 8.92. The summed E-state index contributed by atoms with van der Waals surface area (Å²) >= 11 is 0. The molecule has 0 bridgehead atoms. The number of hydrogen-bond donors (Lipinski definition) is 2. The Labute approximate surface area is 122 Å². The largest absolute Gasteiger partial charge is 0.378 e. The van der Waals surface area contributed by atoms with Gasteiger partial charge in [0.25, 0.3) is 16.3 Å². The highest BCUT2D eigenvalue weighted by Gasteiger charge is 2.14. The van der Waals surface area contributed by atoms with Gasteiger partial charge >= 0.3 is 0 Å². The van der Waals surface area contributed by atoms with Crippen molar-refractivity contribution in [2.75, 3.05) is 19.0 Å². The molecular formula is C14H17N7+2. The normalized spacial score (nSPS) is 11.1. The van der Waals surface area contributed by atoms with E-state index < -0.39 is 0 Å². The van der Waals surface area contributed by atoms with E-state index in [1.807, 2.05) is 26.5 Å². The number of aromatic nitrogens is 4. The maximum Gasteiger partial charge on any atom is 0.271 e. The lowest BCUT2D eigenvalue weighted by atomic mass is 10.2. The van der Waals surface area contributed by atoms with Crippen molar-refractivity contribution in [3.05, 3.63) is 55.4 Å². The maximum absolute atomic E-state index is 4.19. The number of nitrogens with one attached hydrogen (secondary N) is 2. The van der Waals surface area contributed by atoms with E-state index in [1.165, 1.54) is 0 Å². The van der Waals surface area contributed by atoms with Crippen LogP contribution in [0.15, 0.2) is 65.8 Å². The van der Waals surface area contributed by atoms with E-state index in [0.29, 0.717) is 0 Å². The molecule has 0 radical (unpaired) electrons. The molecule has 2 aromatic heterocycles. The van der Waals surface area contributed by atoms with Gasteiger partial charge < -0.3 is 4.90 Å². The first-order chi connectivity index (χ1) is 10.2. The zero-order valence-corrected chi connectivity index (χ0v) is 11.9. The van der Waals surface area contributed by atoms with E-state index in [9.17, 15) is 0 Å². The van der Waals surface area contributed by atoms with Crippen molar-refractivity contribution in [1.29, 1.82) is 0 Å². The van der Waals surface area contributed by atoms with Crippen LogP contribution >= 0.6 is 0 Å². The maximum atomic E-state index is 4.19. The van der Waals surface area contributed by atoms with Crippen LogP contribution < -0.4 is 14.3 Å². The van der Waals surface area contributed by atoms with Gasteiger partial charge in [-0.25, -0.2) is 0 Å². The Bertz CT molecular complexity index is 723. The molecule has 0 saturated heterocycles. The van der Waals surface area contributed by atoms with Gasteiger partial charge in [0.15, 0.2) is 0 Å². The topological polar surface area (TPSA) is 67.3 Å². The summed E-state index contributed by atoms with van der Waals surface area (Å²) in [5, 5.41) is 8.27. The van der Waals surface area contributed by atoms with E-state index in [1.54, 1.807) is 28.1 Å². The SMILES string of the molecule is CN(C)c1ccc(-c2[nH]cc[n+]2N=N[n+]2cc[nH]c2)cc1. The van der Waals surface area contributed by atoms with E-state index in [-0.39, 0.29) is 0 Å². The van der Waals surface area contributed by atoms with Gasteiger partial charge in [-0.15, -0.1) is 0 Å². The number of H-pyrrole nitrogens is 2. The molecule has 0 aliphatic rings. The molecule has 1 aromatic carbocycles. The Hall–Kier alpha value is -2.96. The van der Waals surface area contributed by atoms with Crippen LogP contribution in [0.25, 0.3) is 11.4 Å². The van der Waals surface area contributed by atoms with E-state index in [4.69, 9.17) is 0 Å². The third-order valence-corrected chi connectivity index (χ3v) is 3.09. The molecule has 0 aliphatic heterocycles. The van der Waals surface area contributed by atoms with Crippen molar-refractivity contribution in [3.8, 4) is 11.4 Å². The molecule has 3 rings (SSSR count). The van der Waals surface area contributed by atoms with Crippen LogP contribution in [0.4, 0.5) is 5.69 Å². The van der Waals surface area contributed by atoms with Gasteiger partial charge in [0.1, 0.15) is 12.4 Å². The average Bonchev–Trinajstić information content (AvgIpc) is 3.16. The van der Waals surface area contributed by atoms with Crippen LogP contribution in [0.3, 0.4) is 0 Å². The molecule has 0 saturated carbocycles. The molecule has 0 aliphatic carbocycles. The molecular weight excluding hydrogens is 266 g/mol. The predicted molar refractivity (Wildman–Crippen MR) is 77.4 cm³/mol. The second-order valence-corrected chi connectivity index (χ2v) is 4.76. The van der Waals surface area contributed by atoms with Crippen molar-refractivity contribution < 1.29 is 9.35 Å². The van der Waals surface area contributed by atoms with Gasteiger partial charge in [0.05, 0.1) is 18.0 Å². The minimum Gasteiger partial charge on any atom is -0.378 e. The Morgan fingerprint density at radius 3 is 2.48 bits per heavy atom. The number of hydrogen-bond acceptors (Lipinski definition) is 3. The summed E-state index contributed by atoms with van der Waals surface area (Å²) in [6.45, 7) is 0. The summed E-state index contributed by atoms with van der Waals surface area (Å²) in [6, 6.07) is 8.24. The quantitative estimate of drug-likeness (QED) is 0.550. The number of anilines is 1. The molecule has 106 valence electrons. The van der Waals surface area contributed by atoms with Gasteiger partial charge in [0, 0.05) is 19.8 Å². The molecule has 7 nitrogen and oxygen atoms in total. The van der Waals surface area contributed by atoms with Crippen molar-refractivity contribution in [3.63, 3.8) is 0 Å². The smallest absolute Gasteiger partial charge is 0.271 e. The van der Waals surface area contributed by atoms with Crippen LogP contribution in [0.2, 0.25) is 0 Å². The van der Waals surface area contributed by atoms with Crippen LogP contribution in [0, 0.1) is 0 Å². The van der Waals surface area contributed by atoms with Gasteiger partial charge in [0.2, 0.25) is 6.33 Å². The Morgan fingerprint density at radius 1 is 1.00 bits per heavy atom. The van der Waals surface area contributed by atoms with Crippen molar-refractivity contribution in [1.82, 2.24) is 9.97 Å². The van der Waals surface area contributed by atoms with Crippen molar-refractivity contribution in [2.24, 2.45) is 10.4 Å². The fourth-order valence-corrected chi connectivity index (χ4v) is 1.96. The lowest BCUT2D eigenvalue weighted by Gasteiger charge is -2.11. The Kier molecular flexibility index (Phi) is 3.46. The van der Waals surface area contributed by atoms with Gasteiger partial charge in [-0.05, 0) is 33.6 Å². The predicted octanol–water partition coefficient (Wildman–Crippen LogP) is 1.33. The fourth-order valence-electron chi connectivity index (χ4n) is 1.96. The van der Waals surface area contributed by atoms with Crippen LogP contribution in [0.5, 0.6) is 0 Å². The van der Waals surface area contributed by atoms with E-state index >= 15 is 0 Å². The van der Waals surface area contributed by atoms with E-state index in [2.05, 4.69) is 49.6 Å².